The molecule has 2 aromatic heterocycles. The van der Waals surface area contributed by atoms with E-state index in [1.165, 1.54) is 23.5 Å². The summed E-state index contributed by atoms with van der Waals surface area (Å²) >= 11 is 1.53. The molecule has 186 valence electrons. The van der Waals surface area contributed by atoms with Crippen molar-refractivity contribution >= 4 is 23.2 Å². The number of carbonyl (C=O) groups is 2. The van der Waals surface area contributed by atoms with Crippen molar-refractivity contribution in [3.63, 3.8) is 0 Å². The Hall–Kier alpha value is -3.01. The summed E-state index contributed by atoms with van der Waals surface area (Å²) in [5.74, 6) is 0.0531. The number of thiophene rings is 1. The standard InChI is InChI=1S/C26H30FN3O4S/c27-22-7-5-21(6-8-22)18-30(19-23-3-1-13-34-23)26(32)20-29(10-9-28-11-14-33-15-12-28)25(31)17-24-4-2-16-35-24/h1-8,13,16H,9-12,14-15,17-20H2. The Labute approximate surface area is 208 Å². The minimum atomic E-state index is -0.328. The van der Waals surface area contributed by atoms with Crippen LogP contribution in [0.15, 0.2) is 64.6 Å². The molecule has 9 heteroatoms. The van der Waals surface area contributed by atoms with Crippen LogP contribution in [0.5, 0.6) is 0 Å². The number of ether oxygens (including phenoxy) is 1. The topological polar surface area (TPSA) is 66.2 Å². The van der Waals surface area contributed by atoms with Crippen LogP contribution in [0.3, 0.4) is 0 Å². The van der Waals surface area contributed by atoms with E-state index in [1.54, 1.807) is 34.3 Å². The number of rotatable bonds is 11. The van der Waals surface area contributed by atoms with Gasteiger partial charge in [0.05, 0.1) is 39.0 Å². The molecular weight excluding hydrogens is 469 g/mol. The van der Waals surface area contributed by atoms with E-state index in [2.05, 4.69) is 4.90 Å². The lowest BCUT2D eigenvalue weighted by atomic mass is 10.2. The number of morpholine rings is 1. The molecule has 1 aromatic carbocycles. The maximum atomic E-state index is 13.5. The van der Waals surface area contributed by atoms with E-state index in [4.69, 9.17) is 9.15 Å². The van der Waals surface area contributed by atoms with Gasteiger partial charge < -0.3 is 19.0 Å². The van der Waals surface area contributed by atoms with Crippen molar-refractivity contribution in [3.8, 4) is 0 Å². The number of amides is 2. The SMILES string of the molecule is O=C(Cc1cccs1)N(CCN1CCOCC1)CC(=O)N(Cc1ccc(F)cc1)Cc1ccco1. The number of hydrogen-bond acceptors (Lipinski definition) is 6. The molecule has 0 aliphatic carbocycles. The first kappa shape index (κ1) is 25.1. The van der Waals surface area contributed by atoms with Crippen LogP contribution in [0.2, 0.25) is 0 Å². The van der Waals surface area contributed by atoms with Gasteiger partial charge in [-0.2, -0.15) is 0 Å². The Balaban J connectivity index is 1.46. The van der Waals surface area contributed by atoms with Crippen LogP contribution in [-0.4, -0.2) is 72.5 Å². The second-order valence-corrected chi connectivity index (χ2v) is 9.51. The molecule has 3 heterocycles. The van der Waals surface area contributed by atoms with Crippen molar-refractivity contribution in [2.45, 2.75) is 19.5 Å². The Morgan fingerprint density at radius 3 is 2.46 bits per heavy atom. The lowest BCUT2D eigenvalue weighted by molar-refractivity contribution is -0.141. The van der Waals surface area contributed by atoms with E-state index in [0.717, 1.165) is 23.5 Å². The third kappa shape index (κ3) is 7.74. The van der Waals surface area contributed by atoms with Gasteiger partial charge in [-0.25, -0.2) is 4.39 Å². The highest BCUT2D eigenvalue weighted by Crippen LogP contribution is 2.14. The van der Waals surface area contributed by atoms with Crippen LogP contribution < -0.4 is 0 Å². The number of halogens is 1. The molecule has 0 saturated carbocycles. The van der Waals surface area contributed by atoms with Crippen LogP contribution in [0.25, 0.3) is 0 Å². The third-order valence-corrected chi connectivity index (χ3v) is 6.82. The average molecular weight is 500 g/mol. The Morgan fingerprint density at radius 2 is 1.77 bits per heavy atom. The minimum absolute atomic E-state index is 0.0313. The summed E-state index contributed by atoms with van der Waals surface area (Å²) < 4.78 is 24.3. The fourth-order valence-corrected chi connectivity index (χ4v) is 4.65. The Morgan fingerprint density at radius 1 is 0.971 bits per heavy atom. The highest BCUT2D eigenvalue weighted by atomic mass is 32.1. The third-order valence-electron chi connectivity index (χ3n) is 5.94. The van der Waals surface area contributed by atoms with Crippen molar-refractivity contribution in [1.82, 2.24) is 14.7 Å². The summed E-state index contributed by atoms with van der Waals surface area (Å²) in [6.45, 7) is 4.65. The maximum Gasteiger partial charge on any atom is 0.242 e. The molecule has 4 rings (SSSR count). The molecule has 0 bridgehead atoms. The first-order chi connectivity index (χ1) is 17.1. The quantitative estimate of drug-likeness (QED) is 0.405. The van der Waals surface area contributed by atoms with Crippen molar-refractivity contribution < 1.29 is 23.1 Å². The van der Waals surface area contributed by atoms with E-state index >= 15 is 0 Å². The molecule has 0 radical (unpaired) electrons. The molecule has 2 amide bonds. The molecule has 1 saturated heterocycles. The largest absolute Gasteiger partial charge is 0.467 e. The second kappa shape index (κ2) is 12.6. The monoisotopic (exact) mass is 499 g/mol. The van der Waals surface area contributed by atoms with Gasteiger partial charge in [-0.1, -0.05) is 18.2 Å². The fraction of sp³-hybridized carbons (Fsp3) is 0.385. The predicted molar refractivity (Wildman–Crippen MR) is 131 cm³/mol. The van der Waals surface area contributed by atoms with Gasteiger partial charge in [0.1, 0.15) is 11.6 Å². The van der Waals surface area contributed by atoms with E-state index in [0.29, 0.717) is 32.1 Å². The minimum Gasteiger partial charge on any atom is -0.467 e. The predicted octanol–water partition coefficient (Wildman–Crippen LogP) is 3.41. The fourth-order valence-electron chi connectivity index (χ4n) is 3.95. The molecule has 0 N–H and O–H groups in total. The Kier molecular flexibility index (Phi) is 9.05. The molecule has 0 unspecified atom stereocenters. The lowest BCUT2D eigenvalue weighted by Gasteiger charge is -2.31. The summed E-state index contributed by atoms with van der Waals surface area (Å²) in [6, 6.07) is 13.5. The lowest BCUT2D eigenvalue weighted by Crippen LogP contribution is -2.47. The number of benzene rings is 1. The molecule has 1 fully saturated rings. The van der Waals surface area contributed by atoms with Crippen molar-refractivity contribution in [1.29, 1.82) is 0 Å². The number of nitrogens with zero attached hydrogens (tertiary/aromatic N) is 3. The molecule has 1 aliphatic heterocycles. The summed E-state index contributed by atoms with van der Waals surface area (Å²) in [5.41, 5.74) is 0.802. The van der Waals surface area contributed by atoms with Crippen molar-refractivity contribution in [2.24, 2.45) is 0 Å². The van der Waals surface area contributed by atoms with E-state index < -0.39 is 0 Å². The van der Waals surface area contributed by atoms with E-state index in [-0.39, 0.29) is 43.7 Å². The second-order valence-electron chi connectivity index (χ2n) is 8.48. The molecule has 0 atom stereocenters. The molecule has 35 heavy (non-hydrogen) atoms. The van der Waals surface area contributed by atoms with Gasteiger partial charge in [0.2, 0.25) is 11.8 Å². The number of hydrogen-bond donors (Lipinski definition) is 0. The smallest absolute Gasteiger partial charge is 0.242 e. The van der Waals surface area contributed by atoms with Gasteiger partial charge >= 0.3 is 0 Å². The van der Waals surface area contributed by atoms with Crippen molar-refractivity contribution in [3.05, 3.63) is 82.2 Å². The summed E-state index contributed by atoms with van der Waals surface area (Å²) in [5, 5.41) is 1.94. The van der Waals surface area contributed by atoms with Crippen LogP contribution in [0.4, 0.5) is 4.39 Å². The van der Waals surface area contributed by atoms with Crippen LogP contribution in [-0.2, 0) is 33.8 Å². The van der Waals surface area contributed by atoms with E-state index in [9.17, 15) is 14.0 Å². The summed E-state index contributed by atoms with van der Waals surface area (Å²) in [6.07, 6.45) is 1.83. The Bertz CT molecular complexity index is 1050. The first-order valence-electron chi connectivity index (χ1n) is 11.7. The zero-order valence-electron chi connectivity index (χ0n) is 19.6. The molecule has 3 aromatic rings. The van der Waals surface area contributed by atoms with Crippen molar-refractivity contribution in [2.75, 3.05) is 45.9 Å². The summed E-state index contributed by atoms with van der Waals surface area (Å²) in [7, 11) is 0. The average Bonchev–Trinajstić information content (AvgIpc) is 3.57. The van der Waals surface area contributed by atoms with E-state index in [1.807, 2.05) is 23.6 Å². The zero-order chi connectivity index (χ0) is 24.5. The van der Waals surface area contributed by atoms with Gasteiger partial charge in [0, 0.05) is 37.6 Å². The first-order valence-corrected chi connectivity index (χ1v) is 12.6. The van der Waals surface area contributed by atoms with Gasteiger partial charge in [-0.15, -0.1) is 11.3 Å². The normalized spacial score (nSPS) is 14.1. The molecule has 0 spiro atoms. The number of furan rings is 1. The molecular formula is C26H30FN3O4S. The van der Waals surface area contributed by atoms with Crippen LogP contribution in [0, 0.1) is 5.82 Å². The zero-order valence-corrected chi connectivity index (χ0v) is 20.4. The van der Waals surface area contributed by atoms with Gasteiger partial charge in [0.15, 0.2) is 0 Å². The van der Waals surface area contributed by atoms with Gasteiger partial charge in [0.25, 0.3) is 0 Å². The maximum absolute atomic E-state index is 13.5. The van der Waals surface area contributed by atoms with Crippen LogP contribution in [0.1, 0.15) is 16.2 Å². The van der Waals surface area contributed by atoms with Gasteiger partial charge in [-0.3, -0.25) is 14.5 Å². The molecule has 1 aliphatic rings. The van der Waals surface area contributed by atoms with Crippen LogP contribution >= 0.6 is 11.3 Å². The summed E-state index contributed by atoms with van der Waals surface area (Å²) in [4.78, 5) is 33.2. The highest BCUT2D eigenvalue weighted by molar-refractivity contribution is 7.10. The number of carbonyl (C=O) groups excluding carboxylic acids is 2. The van der Waals surface area contributed by atoms with Gasteiger partial charge in [-0.05, 0) is 41.3 Å². The highest BCUT2D eigenvalue weighted by Gasteiger charge is 2.24. The molecule has 7 nitrogen and oxygen atoms in total.